The van der Waals surface area contributed by atoms with Crippen molar-refractivity contribution in [3.05, 3.63) is 18.3 Å². The SMILES string of the molecule is CS(=O)(=O)c1ccc(NC(=O)NCCSC2CCCC2)cn1. The van der Waals surface area contributed by atoms with Gasteiger partial charge in [0.2, 0.25) is 0 Å². The Morgan fingerprint density at radius 3 is 2.68 bits per heavy atom. The highest BCUT2D eigenvalue weighted by molar-refractivity contribution is 7.99. The van der Waals surface area contributed by atoms with Crippen LogP contribution in [-0.4, -0.2) is 43.2 Å². The number of hydrogen-bond donors (Lipinski definition) is 2. The summed E-state index contributed by atoms with van der Waals surface area (Å²) in [6, 6.07) is 2.60. The molecule has 0 bridgehead atoms. The third-order valence-electron chi connectivity index (χ3n) is 3.42. The van der Waals surface area contributed by atoms with Crippen molar-refractivity contribution in [3.63, 3.8) is 0 Å². The van der Waals surface area contributed by atoms with Crippen molar-refractivity contribution in [2.75, 3.05) is 23.9 Å². The van der Waals surface area contributed by atoms with Crippen molar-refractivity contribution in [1.82, 2.24) is 10.3 Å². The molecule has 122 valence electrons. The van der Waals surface area contributed by atoms with Gasteiger partial charge in [0.05, 0.1) is 11.9 Å². The summed E-state index contributed by atoms with van der Waals surface area (Å²) in [7, 11) is -3.32. The highest BCUT2D eigenvalue weighted by atomic mass is 32.2. The van der Waals surface area contributed by atoms with Crippen molar-refractivity contribution < 1.29 is 13.2 Å². The Hall–Kier alpha value is -1.28. The van der Waals surface area contributed by atoms with Crippen LogP contribution in [0.4, 0.5) is 10.5 Å². The summed E-state index contributed by atoms with van der Waals surface area (Å²) >= 11 is 1.92. The van der Waals surface area contributed by atoms with Gasteiger partial charge in [-0.2, -0.15) is 11.8 Å². The van der Waals surface area contributed by atoms with Gasteiger partial charge in [0.25, 0.3) is 0 Å². The predicted octanol–water partition coefficient (Wildman–Crippen LogP) is 2.28. The van der Waals surface area contributed by atoms with E-state index in [-0.39, 0.29) is 11.1 Å². The lowest BCUT2D eigenvalue weighted by molar-refractivity contribution is 0.252. The van der Waals surface area contributed by atoms with Crippen LogP contribution in [0.3, 0.4) is 0 Å². The number of hydrogen-bond acceptors (Lipinski definition) is 5. The van der Waals surface area contributed by atoms with Crippen LogP contribution in [0.1, 0.15) is 25.7 Å². The maximum absolute atomic E-state index is 11.7. The van der Waals surface area contributed by atoms with Crippen LogP contribution in [0.15, 0.2) is 23.4 Å². The van der Waals surface area contributed by atoms with E-state index in [0.717, 1.165) is 17.3 Å². The molecule has 2 rings (SSSR count). The Morgan fingerprint density at radius 1 is 1.36 bits per heavy atom. The molecule has 6 nitrogen and oxygen atoms in total. The fourth-order valence-electron chi connectivity index (χ4n) is 2.29. The molecule has 1 heterocycles. The minimum Gasteiger partial charge on any atom is -0.337 e. The van der Waals surface area contributed by atoms with Gasteiger partial charge in [-0.25, -0.2) is 18.2 Å². The lowest BCUT2D eigenvalue weighted by Gasteiger charge is -2.10. The molecular formula is C14H21N3O3S2. The fourth-order valence-corrected chi connectivity index (χ4v) is 4.07. The van der Waals surface area contributed by atoms with Gasteiger partial charge in [0.15, 0.2) is 14.9 Å². The first-order valence-corrected chi connectivity index (χ1v) is 10.2. The first-order chi connectivity index (χ1) is 10.4. The van der Waals surface area contributed by atoms with Crippen molar-refractivity contribution in [2.45, 2.75) is 36.0 Å². The zero-order valence-electron chi connectivity index (χ0n) is 12.5. The van der Waals surface area contributed by atoms with Gasteiger partial charge in [-0.3, -0.25) is 0 Å². The number of urea groups is 1. The van der Waals surface area contributed by atoms with E-state index in [2.05, 4.69) is 15.6 Å². The van der Waals surface area contributed by atoms with E-state index in [4.69, 9.17) is 0 Å². The normalized spacial score (nSPS) is 15.7. The van der Waals surface area contributed by atoms with Gasteiger partial charge in [0, 0.05) is 23.8 Å². The van der Waals surface area contributed by atoms with E-state index in [0.29, 0.717) is 12.2 Å². The molecule has 0 saturated heterocycles. The number of thioether (sulfide) groups is 1. The predicted molar refractivity (Wildman–Crippen MR) is 89.1 cm³/mol. The molecule has 1 aromatic heterocycles. The van der Waals surface area contributed by atoms with Gasteiger partial charge in [-0.15, -0.1) is 0 Å². The second kappa shape index (κ2) is 7.82. The summed E-state index contributed by atoms with van der Waals surface area (Å²) in [6.07, 6.45) is 7.65. The number of nitrogens with one attached hydrogen (secondary N) is 2. The van der Waals surface area contributed by atoms with Crippen molar-refractivity contribution >= 4 is 33.3 Å². The molecule has 2 N–H and O–H groups in total. The van der Waals surface area contributed by atoms with E-state index in [1.807, 2.05) is 11.8 Å². The van der Waals surface area contributed by atoms with Crippen LogP contribution < -0.4 is 10.6 Å². The molecule has 1 aliphatic carbocycles. The summed E-state index contributed by atoms with van der Waals surface area (Å²) in [6.45, 7) is 0.613. The summed E-state index contributed by atoms with van der Waals surface area (Å²) in [5.41, 5.74) is 0.466. The molecule has 0 unspecified atom stereocenters. The molecule has 0 aromatic carbocycles. The molecule has 2 amide bonds. The molecule has 1 aromatic rings. The van der Waals surface area contributed by atoms with Crippen LogP contribution >= 0.6 is 11.8 Å². The summed E-state index contributed by atoms with van der Waals surface area (Å²) < 4.78 is 22.6. The van der Waals surface area contributed by atoms with Crippen LogP contribution in [0.2, 0.25) is 0 Å². The molecule has 1 saturated carbocycles. The lowest BCUT2D eigenvalue weighted by atomic mass is 10.4. The standard InChI is InChI=1S/C14H21N3O3S2/c1-22(19,20)13-7-6-11(10-16-13)17-14(18)15-8-9-21-12-4-2-3-5-12/h6-7,10,12H,2-5,8-9H2,1H3,(H2,15,17,18). The summed E-state index contributed by atoms with van der Waals surface area (Å²) in [4.78, 5) is 15.5. The topological polar surface area (TPSA) is 88.2 Å². The minimum atomic E-state index is -3.32. The highest BCUT2D eigenvalue weighted by Gasteiger charge is 2.14. The Bertz CT molecular complexity index is 596. The molecule has 0 radical (unpaired) electrons. The van der Waals surface area contributed by atoms with E-state index in [1.165, 1.54) is 44.0 Å². The maximum Gasteiger partial charge on any atom is 0.319 e. The molecular weight excluding hydrogens is 322 g/mol. The second-order valence-corrected chi connectivity index (χ2v) is 8.69. The van der Waals surface area contributed by atoms with Crippen LogP contribution in [0, 0.1) is 0 Å². The number of carbonyl (C=O) groups is 1. The Kier molecular flexibility index (Phi) is 6.07. The number of aromatic nitrogens is 1. The van der Waals surface area contributed by atoms with Crippen LogP contribution in [0.25, 0.3) is 0 Å². The molecule has 0 atom stereocenters. The van der Waals surface area contributed by atoms with E-state index < -0.39 is 9.84 Å². The van der Waals surface area contributed by atoms with Crippen molar-refractivity contribution in [1.29, 1.82) is 0 Å². The molecule has 0 aliphatic heterocycles. The largest absolute Gasteiger partial charge is 0.337 e. The van der Waals surface area contributed by atoms with Gasteiger partial charge in [-0.05, 0) is 25.0 Å². The zero-order chi connectivity index (χ0) is 16.0. The van der Waals surface area contributed by atoms with Crippen molar-refractivity contribution in [3.8, 4) is 0 Å². The first-order valence-electron chi connectivity index (χ1n) is 7.28. The third-order valence-corrected chi connectivity index (χ3v) is 5.80. The highest BCUT2D eigenvalue weighted by Crippen LogP contribution is 2.28. The van der Waals surface area contributed by atoms with E-state index >= 15 is 0 Å². The molecule has 0 spiro atoms. The number of pyridine rings is 1. The van der Waals surface area contributed by atoms with Gasteiger partial charge >= 0.3 is 6.03 Å². The first kappa shape index (κ1) is 17.1. The van der Waals surface area contributed by atoms with Gasteiger partial charge in [-0.1, -0.05) is 12.8 Å². The Balaban J connectivity index is 1.70. The number of rotatable bonds is 6. The van der Waals surface area contributed by atoms with Crippen LogP contribution in [-0.2, 0) is 9.84 Å². The van der Waals surface area contributed by atoms with E-state index in [9.17, 15) is 13.2 Å². The maximum atomic E-state index is 11.7. The Morgan fingerprint density at radius 2 is 2.09 bits per heavy atom. The number of carbonyl (C=O) groups excluding carboxylic acids is 1. The van der Waals surface area contributed by atoms with E-state index in [1.54, 1.807) is 0 Å². The molecule has 1 aliphatic rings. The zero-order valence-corrected chi connectivity index (χ0v) is 14.2. The molecule has 22 heavy (non-hydrogen) atoms. The van der Waals surface area contributed by atoms with Gasteiger partial charge < -0.3 is 10.6 Å². The minimum absolute atomic E-state index is 0.00794. The second-order valence-electron chi connectivity index (χ2n) is 5.32. The number of anilines is 1. The number of nitrogens with zero attached hydrogens (tertiary/aromatic N) is 1. The number of amides is 2. The third kappa shape index (κ3) is 5.49. The fraction of sp³-hybridized carbons (Fsp3) is 0.571. The quantitative estimate of drug-likeness (QED) is 0.774. The molecule has 8 heteroatoms. The average molecular weight is 343 g/mol. The summed E-state index contributed by atoms with van der Waals surface area (Å²) in [5.74, 6) is 0.906. The Labute approximate surface area is 135 Å². The summed E-state index contributed by atoms with van der Waals surface area (Å²) in [5, 5.41) is 6.16. The average Bonchev–Trinajstić information content (AvgIpc) is 2.96. The monoisotopic (exact) mass is 343 g/mol. The molecule has 1 fully saturated rings. The van der Waals surface area contributed by atoms with Crippen LogP contribution in [0.5, 0.6) is 0 Å². The van der Waals surface area contributed by atoms with Crippen molar-refractivity contribution in [2.24, 2.45) is 0 Å². The van der Waals surface area contributed by atoms with Gasteiger partial charge in [0.1, 0.15) is 0 Å². The lowest BCUT2D eigenvalue weighted by Crippen LogP contribution is -2.30. The smallest absolute Gasteiger partial charge is 0.319 e. The number of sulfone groups is 1.